The van der Waals surface area contributed by atoms with Crippen LogP contribution in [0, 0.1) is 12.7 Å². The van der Waals surface area contributed by atoms with E-state index in [-0.39, 0.29) is 10.7 Å². The van der Waals surface area contributed by atoms with Crippen molar-refractivity contribution >= 4 is 21.9 Å². The molecule has 1 saturated heterocycles. The summed E-state index contributed by atoms with van der Waals surface area (Å²) in [7, 11) is -0.658. The molecule has 0 radical (unpaired) electrons. The summed E-state index contributed by atoms with van der Waals surface area (Å²) in [5.41, 5.74) is 3.79. The van der Waals surface area contributed by atoms with Crippen LogP contribution in [0.25, 0.3) is 0 Å². The van der Waals surface area contributed by atoms with Crippen LogP contribution in [0.1, 0.15) is 16.7 Å². The molecule has 4 rings (SSSR count). The van der Waals surface area contributed by atoms with Gasteiger partial charge in [-0.1, -0.05) is 17.7 Å². The number of hydrazone groups is 1. The molecule has 0 saturated carbocycles. The van der Waals surface area contributed by atoms with Gasteiger partial charge in [0, 0.05) is 51.0 Å². The summed E-state index contributed by atoms with van der Waals surface area (Å²) in [5, 5.41) is 4.19. The summed E-state index contributed by atoms with van der Waals surface area (Å²) in [5.74, 6) is 0.542. The average Bonchev–Trinajstić information content (AvgIpc) is 2.88. The molecule has 0 amide bonds. The van der Waals surface area contributed by atoms with Crippen LogP contribution in [-0.4, -0.2) is 64.3 Å². The van der Waals surface area contributed by atoms with Crippen molar-refractivity contribution in [3.63, 3.8) is 0 Å². The fourth-order valence-corrected chi connectivity index (χ4v) is 5.09. The molecule has 0 aromatic heterocycles. The Labute approximate surface area is 212 Å². The first-order valence-electron chi connectivity index (χ1n) is 11.8. The molecular weight excluding hydrogens is 479 g/mol. The van der Waals surface area contributed by atoms with Gasteiger partial charge in [-0.15, -0.1) is 0 Å². The molecule has 9 heteroatoms. The van der Waals surface area contributed by atoms with Crippen LogP contribution >= 0.6 is 0 Å². The van der Waals surface area contributed by atoms with Crippen LogP contribution in [0.2, 0.25) is 0 Å². The number of hydrogen-bond donors (Lipinski definition) is 0. The van der Waals surface area contributed by atoms with Crippen molar-refractivity contribution in [1.82, 2.24) is 9.31 Å². The summed E-state index contributed by atoms with van der Waals surface area (Å²) in [4.78, 5) is 4.79. The monoisotopic (exact) mass is 510 g/mol. The number of hydrogen-bond acceptors (Lipinski definition) is 6. The lowest BCUT2D eigenvalue weighted by molar-refractivity contribution is 0.246. The molecule has 0 bridgehead atoms. The highest BCUT2D eigenvalue weighted by molar-refractivity contribution is 7.89. The van der Waals surface area contributed by atoms with Crippen molar-refractivity contribution < 1.29 is 17.5 Å². The zero-order valence-corrected chi connectivity index (χ0v) is 21.6. The first-order valence-corrected chi connectivity index (χ1v) is 13.2. The predicted molar refractivity (Wildman–Crippen MR) is 141 cm³/mol. The van der Waals surface area contributed by atoms with Gasteiger partial charge < -0.3 is 9.64 Å². The Balaban J connectivity index is 1.42. The molecular formula is C27H31FN4O3S. The van der Waals surface area contributed by atoms with E-state index in [2.05, 4.69) is 14.9 Å². The second-order valence-corrected chi connectivity index (χ2v) is 10.8. The quantitative estimate of drug-likeness (QED) is 0.337. The van der Waals surface area contributed by atoms with Gasteiger partial charge in [0.05, 0.1) is 18.2 Å². The minimum absolute atomic E-state index is 0.197. The fourth-order valence-electron chi connectivity index (χ4n) is 4.13. The fraction of sp³-hybridized carbons (Fsp3) is 0.296. The first kappa shape index (κ1) is 25.7. The smallest absolute Gasteiger partial charge is 0.278 e. The van der Waals surface area contributed by atoms with Gasteiger partial charge in [0.15, 0.2) is 0 Å². The topological polar surface area (TPSA) is 65.5 Å². The zero-order valence-electron chi connectivity index (χ0n) is 20.8. The van der Waals surface area contributed by atoms with Gasteiger partial charge >= 0.3 is 0 Å². The van der Waals surface area contributed by atoms with Crippen molar-refractivity contribution in [2.75, 3.05) is 45.2 Å². The summed E-state index contributed by atoms with van der Waals surface area (Å²) in [6.45, 7) is 6.00. The number of nitrogens with zero attached hydrogens (tertiary/aromatic N) is 4. The number of halogens is 1. The minimum Gasteiger partial charge on any atom is -0.496 e. The SMILES string of the molecule is COc1ccc(/C=N/N(C)S(=O)(=O)c2ccc(C)cc2)cc1CN1CCN(c2ccc(F)cc2)CC1. The van der Waals surface area contributed by atoms with Gasteiger partial charge in [-0.2, -0.15) is 17.9 Å². The normalized spacial score (nSPS) is 14.8. The molecule has 190 valence electrons. The van der Waals surface area contributed by atoms with Crippen molar-refractivity contribution in [2.24, 2.45) is 5.10 Å². The number of benzene rings is 3. The van der Waals surface area contributed by atoms with E-state index in [0.29, 0.717) is 6.54 Å². The van der Waals surface area contributed by atoms with E-state index in [4.69, 9.17) is 4.74 Å². The molecule has 0 N–H and O–H groups in total. The van der Waals surface area contributed by atoms with Crippen LogP contribution in [0.4, 0.5) is 10.1 Å². The maximum Gasteiger partial charge on any atom is 0.278 e. The first-order chi connectivity index (χ1) is 17.3. The van der Waals surface area contributed by atoms with E-state index < -0.39 is 10.0 Å². The maximum absolute atomic E-state index is 13.2. The van der Waals surface area contributed by atoms with Crippen LogP contribution in [0.3, 0.4) is 0 Å². The van der Waals surface area contributed by atoms with Gasteiger partial charge in [-0.05, 0) is 67.1 Å². The Bertz CT molecular complexity index is 1300. The molecule has 3 aromatic carbocycles. The van der Waals surface area contributed by atoms with Crippen LogP contribution in [0.5, 0.6) is 5.75 Å². The number of methoxy groups -OCH3 is 1. The number of ether oxygens (including phenoxy) is 1. The standard InChI is InChI=1S/C27H31FN4O3S/c1-21-4-11-26(12-5-21)36(33,34)30(2)29-19-22-6-13-27(35-3)23(18-22)20-31-14-16-32(17-15-31)25-9-7-24(28)8-10-25/h4-13,18-19H,14-17,20H2,1-3H3/b29-19+. The summed E-state index contributed by atoms with van der Waals surface area (Å²) < 4.78 is 45.4. The number of piperazine rings is 1. The minimum atomic E-state index is -3.73. The number of aryl methyl sites for hydroxylation is 1. The van der Waals surface area contributed by atoms with Gasteiger partial charge in [-0.25, -0.2) is 4.39 Å². The van der Waals surface area contributed by atoms with E-state index in [1.165, 1.54) is 19.2 Å². The second kappa shape index (κ2) is 11.1. The van der Waals surface area contributed by atoms with Crippen LogP contribution < -0.4 is 9.64 Å². The Morgan fingerprint density at radius 1 is 1.00 bits per heavy atom. The second-order valence-electron chi connectivity index (χ2n) is 8.81. The lowest BCUT2D eigenvalue weighted by atomic mass is 10.1. The third-order valence-corrected chi connectivity index (χ3v) is 7.96. The molecule has 1 heterocycles. The summed E-state index contributed by atoms with van der Waals surface area (Å²) in [6.07, 6.45) is 1.54. The Hall–Kier alpha value is -3.43. The molecule has 7 nitrogen and oxygen atoms in total. The van der Waals surface area contributed by atoms with E-state index in [1.54, 1.807) is 37.6 Å². The summed E-state index contributed by atoms with van der Waals surface area (Å²) >= 11 is 0. The number of anilines is 1. The Morgan fingerprint density at radius 2 is 1.67 bits per heavy atom. The molecule has 36 heavy (non-hydrogen) atoms. The lowest BCUT2D eigenvalue weighted by Crippen LogP contribution is -2.46. The van der Waals surface area contributed by atoms with Crippen LogP contribution in [-0.2, 0) is 16.6 Å². The largest absolute Gasteiger partial charge is 0.496 e. The third kappa shape index (κ3) is 6.03. The summed E-state index contributed by atoms with van der Waals surface area (Å²) in [6, 6.07) is 19.0. The Morgan fingerprint density at radius 3 is 2.31 bits per heavy atom. The van der Waals surface area contributed by atoms with E-state index in [1.807, 2.05) is 37.3 Å². The van der Waals surface area contributed by atoms with Gasteiger partial charge in [0.1, 0.15) is 11.6 Å². The highest BCUT2D eigenvalue weighted by atomic mass is 32.2. The zero-order chi connectivity index (χ0) is 25.7. The number of rotatable bonds is 8. The van der Waals surface area contributed by atoms with E-state index >= 15 is 0 Å². The Kier molecular flexibility index (Phi) is 7.91. The predicted octanol–water partition coefficient (Wildman–Crippen LogP) is 4.12. The van der Waals surface area contributed by atoms with Gasteiger partial charge in [-0.3, -0.25) is 4.90 Å². The van der Waals surface area contributed by atoms with Gasteiger partial charge in [0.2, 0.25) is 0 Å². The molecule has 0 aliphatic carbocycles. The average molecular weight is 511 g/mol. The van der Waals surface area contributed by atoms with Crippen molar-refractivity contribution in [2.45, 2.75) is 18.4 Å². The third-order valence-electron chi connectivity index (χ3n) is 6.30. The van der Waals surface area contributed by atoms with Crippen molar-refractivity contribution in [3.05, 3.63) is 89.2 Å². The molecule has 0 unspecified atom stereocenters. The van der Waals surface area contributed by atoms with E-state index in [9.17, 15) is 12.8 Å². The molecule has 1 aliphatic heterocycles. The lowest BCUT2D eigenvalue weighted by Gasteiger charge is -2.36. The molecule has 3 aromatic rings. The van der Waals surface area contributed by atoms with Gasteiger partial charge in [0.25, 0.3) is 10.0 Å². The van der Waals surface area contributed by atoms with Crippen molar-refractivity contribution in [3.8, 4) is 5.75 Å². The molecule has 1 aliphatic rings. The highest BCUT2D eigenvalue weighted by Gasteiger charge is 2.20. The van der Waals surface area contributed by atoms with Crippen LogP contribution in [0.15, 0.2) is 76.7 Å². The van der Waals surface area contributed by atoms with Crippen molar-refractivity contribution in [1.29, 1.82) is 0 Å². The highest BCUT2D eigenvalue weighted by Crippen LogP contribution is 2.23. The molecule has 0 spiro atoms. The molecule has 1 fully saturated rings. The van der Waals surface area contributed by atoms with E-state index in [0.717, 1.165) is 58.7 Å². The maximum atomic E-state index is 13.2. The molecule has 0 atom stereocenters. The number of sulfonamides is 1.